The van der Waals surface area contributed by atoms with Crippen LogP contribution in [0.4, 0.5) is 4.79 Å². The number of carbonyl (C=O) groups is 2. The lowest BCUT2D eigenvalue weighted by molar-refractivity contribution is -0.142. The minimum absolute atomic E-state index is 0.0961. The third-order valence-corrected chi connectivity index (χ3v) is 4.46. The molecule has 1 aliphatic heterocycles. The van der Waals surface area contributed by atoms with Crippen LogP contribution in [0.15, 0.2) is 0 Å². The number of urea groups is 1. The van der Waals surface area contributed by atoms with Gasteiger partial charge in [0.1, 0.15) is 6.04 Å². The molecule has 1 aliphatic carbocycles. The molecule has 1 N–H and O–H groups in total. The van der Waals surface area contributed by atoms with Crippen molar-refractivity contribution in [2.75, 3.05) is 13.6 Å². The largest absolute Gasteiger partial charge is 0.480 e. The first-order valence-corrected chi connectivity index (χ1v) is 7.37. The van der Waals surface area contributed by atoms with Crippen LogP contribution in [0, 0.1) is 0 Å². The summed E-state index contributed by atoms with van der Waals surface area (Å²) in [7, 11) is 1.82. The van der Waals surface area contributed by atoms with E-state index in [4.69, 9.17) is 0 Å². The Bertz CT molecular complexity index is 340. The average molecular weight is 268 g/mol. The van der Waals surface area contributed by atoms with Crippen LogP contribution in [-0.2, 0) is 4.79 Å². The fourth-order valence-corrected chi connectivity index (χ4v) is 3.24. The van der Waals surface area contributed by atoms with E-state index in [1.165, 1.54) is 12.8 Å². The number of likely N-dealkylation sites (tertiary alicyclic amines) is 1. The molecule has 0 aromatic rings. The molecule has 1 saturated carbocycles. The Morgan fingerprint density at radius 1 is 1.05 bits per heavy atom. The first-order chi connectivity index (χ1) is 9.11. The number of carboxylic acid groups (broad SMARTS) is 1. The molecule has 2 rings (SSSR count). The van der Waals surface area contributed by atoms with E-state index in [1.807, 2.05) is 7.05 Å². The summed E-state index contributed by atoms with van der Waals surface area (Å²) in [5.41, 5.74) is 0. The summed E-state index contributed by atoms with van der Waals surface area (Å²) in [5.74, 6) is -0.866. The predicted molar refractivity (Wildman–Crippen MR) is 72.0 cm³/mol. The smallest absolute Gasteiger partial charge is 0.326 e. The maximum absolute atomic E-state index is 12.5. The Morgan fingerprint density at radius 3 is 2.32 bits per heavy atom. The molecule has 5 nitrogen and oxygen atoms in total. The van der Waals surface area contributed by atoms with E-state index >= 15 is 0 Å². The summed E-state index contributed by atoms with van der Waals surface area (Å²) >= 11 is 0. The van der Waals surface area contributed by atoms with Gasteiger partial charge >= 0.3 is 12.0 Å². The van der Waals surface area contributed by atoms with Gasteiger partial charge in [0.05, 0.1) is 0 Å². The van der Waals surface area contributed by atoms with Gasteiger partial charge in [0.25, 0.3) is 0 Å². The van der Waals surface area contributed by atoms with E-state index in [9.17, 15) is 14.7 Å². The summed E-state index contributed by atoms with van der Waals surface area (Å²) in [6, 6.07) is -0.440. The first-order valence-electron chi connectivity index (χ1n) is 7.37. The SMILES string of the molecule is CN(C(=O)N1CCCCCC1C(=O)O)C1CCCC1. The summed E-state index contributed by atoms with van der Waals surface area (Å²) in [6.45, 7) is 0.576. The lowest BCUT2D eigenvalue weighted by atomic mass is 10.1. The Balaban J connectivity index is 2.06. The monoisotopic (exact) mass is 268 g/mol. The van der Waals surface area contributed by atoms with Gasteiger partial charge in [-0.05, 0) is 25.7 Å². The zero-order valence-corrected chi connectivity index (χ0v) is 11.7. The van der Waals surface area contributed by atoms with Crippen molar-refractivity contribution < 1.29 is 14.7 Å². The van der Waals surface area contributed by atoms with Crippen LogP contribution in [0.1, 0.15) is 51.4 Å². The van der Waals surface area contributed by atoms with Crippen molar-refractivity contribution in [3.8, 4) is 0 Å². The number of hydrogen-bond acceptors (Lipinski definition) is 2. The maximum Gasteiger partial charge on any atom is 0.326 e. The quantitative estimate of drug-likeness (QED) is 0.836. The first kappa shape index (κ1) is 14.2. The summed E-state index contributed by atoms with van der Waals surface area (Å²) < 4.78 is 0. The van der Waals surface area contributed by atoms with Crippen LogP contribution in [0.5, 0.6) is 0 Å². The number of hydrogen-bond donors (Lipinski definition) is 1. The molecule has 1 saturated heterocycles. The van der Waals surface area contributed by atoms with E-state index in [2.05, 4.69) is 0 Å². The van der Waals surface area contributed by atoms with Crippen molar-refractivity contribution in [1.29, 1.82) is 0 Å². The van der Waals surface area contributed by atoms with E-state index < -0.39 is 12.0 Å². The van der Waals surface area contributed by atoms with Gasteiger partial charge in [-0.25, -0.2) is 9.59 Å². The molecule has 19 heavy (non-hydrogen) atoms. The molecule has 0 bridgehead atoms. The summed E-state index contributed by atoms with van der Waals surface area (Å²) in [5, 5.41) is 9.32. The summed E-state index contributed by atoms with van der Waals surface area (Å²) in [6.07, 6.45) is 7.85. The van der Waals surface area contributed by atoms with Crippen LogP contribution in [0.3, 0.4) is 0 Å². The van der Waals surface area contributed by atoms with Crippen LogP contribution in [0.2, 0.25) is 0 Å². The topological polar surface area (TPSA) is 60.9 Å². The fourth-order valence-electron chi connectivity index (χ4n) is 3.24. The van der Waals surface area contributed by atoms with E-state index in [0.717, 1.165) is 32.1 Å². The predicted octanol–water partition coefficient (Wildman–Crippen LogP) is 2.31. The van der Waals surface area contributed by atoms with E-state index in [0.29, 0.717) is 19.0 Å². The number of aliphatic carboxylic acids is 1. The molecule has 1 unspecified atom stereocenters. The van der Waals surface area contributed by atoms with Crippen LogP contribution < -0.4 is 0 Å². The number of nitrogens with zero attached hydrogens (tertiary/aromatic N) is 2. The van der Waals surface area contributed by atoms with Gasteiger partial charge in [-0.2, -0.15) is 0 Å². The van der Waals surface area contributed by atoms with Crippen molar-refractivity contribution in [3.63, 3.8) is 0 Å². The lowest BCUT2D eigenvalue weighted by Crippen LogP contribution is -2.51. The van der Waals surface area contributed by atoms with E-state index in [-0.39, 0.29) is 6.03 Å². The Hall–Kier alpha value is -1.26. The minimum atomic E-state index is -0.866. The van der Waals surface area contributed by atoms with Crippen molar-refractivity contribution in [1.82, 2.24) is 9.80 Å². The van der Waals surface area contributed by atoms with Crippen molar-refractivity contribution >= 4 is 12.0 Å². The lowest BCUT2D eigenvalue weighted by Gasteiger charge is -2.34. The zero-order chi connectivity index (χ0) is 13.8. The molecule has 0 spiro atoms. The van der Waals surface area contributed by atoms with Crippen molar-refractivity contribution in [3.05, 3.63) is 0 Å². The highest BCUT2D eigenvalue weighted by molar-refractivity contribution is 5.82. The number of carbonyl (C=O) groups excluding carboxylic acids is 1. The highest BCUT2D eigenvalue weighted by Gasteiger charge is 2.34. The second kappa shape index (κ2) is 6.26. The van der Waals surface area contributed by atoms with Gasteiger partial charge in [0.15, 0.2) is 0 Å². The molecule has 2 fully saturated rings. The molecule has 0 radical (unpaired) electrons. The molecule has 0 aromatic carbocycles. The maximum atomic E-state index is 12.5. The third kappa shape index (κ3) is 3.19. The minimum Gasteiger partial charge on any atom is -0.480 e. The second-order valence-corrected chi connectivity index (χ2v) is 5.73. The number of amides is 2. The van der Waals surface area contributed by atoms with Gasteiger partial charge in [-0.15, -0.1) is 0 Å². The highest BCUT2D eigenvalue weighted by Crippen LogP contribution is 2.25. The van der Waals surface area contributed by atoms with Crippen molar-refractivity contribution in [2.45, 2.75) is 63.5 Å². The molecular formula is C14H24N2O3. The Kier molecular flexibility index (Phi) is 4.66. The molecular weight excluding hydrogens is 244 g/mol. The molecule has 108 valence electrons. The number of rotatable bonds is 2. The van der Waals surface area contributed by atoms with Gasteiger partial charge < -0.3 is 14.9 Å². The molecule has 2 amide bonds. The highest BCUT2D eigenvalue weighted by atomic mass is 16.4. The van der Waals surface area contributed by atoms with Gasteiger partial charge in [0.2, 0.25) is 0 Å². The normalized spacial score (nSPS) is 25.1. The molecule has 0 aromatic heterocycles. The molecule has 2 aliphatic rings. The van der Waals surface area contributed by atoms with Crippen LogP contribution in [-0.4, -0.2) is 52.6 Å². The van der Waals surface area contributed by atoms with Crippen LogP contribution in [0.25, 0.3) is 0 Å². The van der Waals surface area contributed by atoms with Crippen molar-refractivity contribution in [2.24, 2.45) is 0 Å². The Morgan fingerprint density at radius 2 is 1.68 bits per heavy atom. The Labute approximate surface area is 114 Å². The molecule has 1 heterocycles. The third-order valence-electron chi connectivity index (χ3n) is 4.46. The molecule has 1 atom stereocenters. The average Bonchev–Trinajstić information content (AvgIpc) is 2.80. The zero-order valence-electron chi connectivity index (χ0n) is 11.7. The van der Waals surface area contributed by atoms with Gasteiger partial charge in [0, 0.05) is 19.6 Å². The van der Waals surface area contributed by atoms with Crippen LogP contribution >= 0.6 is 0 Å². The summed E-state index contributed by atoms with van der Waals surface area (Å²) in [4.78, 5) is 27.2. The second-order valence-electron chi connectivity index (χ2n) is 5.73. The number of carboxylic acids is 1. The van der Waals surface area contributed by atoms with Gasteiger partial charge in [-0.3, -0.25) is 0 Å². The van der Waals surface area contributed by atoms with E-state index in [1.54, 1.807) is 9.80 Å². The standard InChI is InChI=1S/C14H24N2O3/c1-15(11-7-4-5-8-11)14(19)16-10-6-2-3-9-12(16)13(17)18/h11-12H,2-10H2,1H3,(H,17,18). The van der Waals surface area contributed by atoms with Gasteiger partial charge in [-0.1, -0.05) is 25.7 Å². The molecule has 5 heteroatoms. The fraction of sp³-hybridized carbons (Fsp3) is 0.857.